The van der Waals surface area contributed by atoms with Crippen LogP contribution in [0.15, 0.2) is 23.1 Å². The lowest BCUT2D eigenvalue weighted by Gasteiger charge is -2.21. The Morgan fingerprint density at radius 2 is 2.00 bits per heavy atom. The second-order valence-corrected chi connectivity index (χ2v) is 5.90. The van der Waals surface area contributed by atoms with Gasteiger partial charge in [0.25, 0.3) is 5.69 Å². The minimum Gasteiger partial charge on any atom is -0.478 e. The first kappa shape index (κ1) is 13.9. The van der Waals surface area contributed by atoms with Crippen LogP contribution in [0.1, 0.15) is 42.5 Å². The van der Waals surface area contributed by atoms with Gasteiger partial charge in [-0.3, -0.25) is 10.1 Å². The predicted molar refractivity (Wildman–Crippen MR) is 72.8 cm³/mol. The maximum Gasteiger partial charge on any atom is 0.337 e. The second-order valence-electron chi connectivity index (χ2n) is 4.59. The Labute approximate surface area is 115 Å². The molecule has 0 saturated heterocycles. The molecule has 0 aliphatic heterocycles. The minimum absolute atomic E-state index is 0.0322. The molecule has 6 heteroatoms. The quantitative estimate of drug-likeness (QED) is 0.672. The third kappa shape index (κ3) is 3.26. The van der Waals surface area contributed by atoms with Crippen molar-refractivity contribution in [3.63, 3.8) is 0 Å². The van der Waals surface area contributed by atoms with Crippen LogP contribution in [0.3, 0.4) is 0 Å². The van der Waals surface area contributed by atoms with Gasteiger partial charge in [-0.15, -0.1) is 11.8 Å². The SMILES string of the molecule is O=C(O)c1cccc([N+](=O)[O-])c1SC1CCCCC1. The van der Waals surface area contributed by atoms with Gasteiger partial charge in [0.1, 0.15) is 0 Å². The van der Waals surface area contributed by atoms with E-state index in [4.69, 9.17) is 5.11 Å². The highest BCUT2D eigenvalue weighted by Crippen LogP contribution is 2.40. The first-order chi connectivity index (χ1) is 9.09. The van der Waals surface area contributed by atoms with Gasteiger partial charge in [0.2, 0.25) is 0 Å². The molecule has 102 valence electrons. The lowest BCUT2D eigenvalue weighted by Crippen LogP contribution is -2.10. The maximum absolute atomic E-state index is 11.2. The van der Waals surface area contributed by atoms with Crippen molar-refractivity contribution in [2.24, 2.45) is 0 Å². The molecule has 19 heavy (non-hydrogen) atoms. The van der Waals surface area contributed by atoms with E-state index in [2.05, 4.69) is 0 Å². The molecule has 0 heterocycles. The van der Waals surface area contributed by atoms with Crippen molar-refractivity contribution in [2.45, 2.75) is 42.2 Å². The van der Waals surface area contributed by atoms with Gasteiger partial charge in [0.15, 0.2) is 0 Å². The molecule has 1 aromatic rings. The standard InChI is InChI=1S/C13H15NO4S/c15-13(16)10-7-4-8-11(14(17)18)12(10)19-9-5-2-1-3-6-9/h4,7-9H,1-3,5-6H2,(H,15,16). The molecule has 0 amide bonds. The highest BCUT2D eigenvalue weighted by atomic mass is 32.2. The largest absolute Gasteiger partial charge is 0.478 e. The minimum atomic E-state index is -1.11. The van der Waals surface area contributed by atoms with Crippen molar-refractivity contribution in [1.29, 1.82) is 0 Å². The van der Waals surface area contributed by atoms with Crippen LogP contribution in [0.2, 0.25) is 0 Å². The molecule has 1 N–H and O–H groups in total. The molecular weight excluding hydrogens is 266 g/mol. The molecule has 0 spiro atoms. The summed E-state index contributed by atoms with van der Waals surface area (Å²) in [6.07, 6.45) is 5.41. The lowest BCUT2D eigenvalue weighted by molar-refractivity contribution is -0.387. The van der Waals surface area contributed by atoms with Gasteiger partial charge >= 0.3 is 5.97 Å². The number of nitro groups is 1. The molecule has 1 fully saturated rings. The molecular formula is C13H15NO4S. The van der Waals surface area contributed by atoms with Crippen molar-refractivity contribution in [1.82, 2.24) is 0 Å². The maximum atomic E-state index is 11.2. The Morgan fingerprint density at radius 3 is 2.58 bits per heavy atom. The van der Waals surface area contributed by atoms with E-state index in [1.807, 2.05) is 0 Å². The van der Waals surface area contributed by atoms with Gasteiger partial charge in [-0.05, 0) is 18.9 Å². The third-order valence-electron chi connectivity index (χ3n) is 3.26. The van der Waals surface area contributed by atoms with Crippen LogP contribution in [0.5, 0.6) is 0 Å². The van der Waals surface area contributed by atoms with Crippen LogP contribution in [0.25, 0.3) is 0 Å². The van der Waals surface area contributed by atoms with E-state index in [9.17, 15) is 14.9 Å². The topological polar surface area (TPSA) is 80.4 Å². The number of nitrogens with zero attached hydrogens (tertiary/aromatic N) is 1. The molecule has 1 aromatic carbocycles. The zero-order chi connectivity index (χ0) is 13.8. The second kappa shape index (κ2) is 6.06. The Balaban J connectivity index is 2.34. The summed E-state index contributed by atoms with van der Waals surface area (Å²) in [5.41, 5.74) is -0.0692. The van der Waals surface area contributed by atoms with Crippen LogP contribution in [-0.4, -0.2) is 21.2 Å². The summed E-state index contributed by atoms with van der Waals surface area (Å²) < 4.78 is 0. The summed E-state index contributed by atoms with van der Waals surface area (Å²) in [4.78, 5) is 22.0. The summed E-state index contributed by atoms with van der Waals surface area (Å²) in [6, 6.07) is 4.23. The molecule has 5 nitrogen and oxygen atoms in total. The number of benzene rings is 1. The number of carboxylic acid groups (broad SMARTS) is 1. The van der Waals surface area contributed by atoms with Gasteiger partial charge in [-0.1, -0.05) is 25.3 Å². The molecule has 1 aliphatic rings. The van der Waals surface area contributed by atoms with E-state index >= 15 is 0 Å². The summed E-state index contributed by atoms with van der Waals surface area (Å²) in [6.45, 7) is 0. The lowest BCUT2D eigenvalue weighted by atomic mass is 10.0. The fourth-order valence-corrected chi connectivity index (χ4v) is 3.76. The van der Waals surface area contributed by atoms with Crippen LogP contribution in [-0.2, 0) is 0 Å². The number of thioether (sulfide) groups is 1. The van der Waals surface area contributed by atoms with E-state index in [0.29, 0.717) is 4.90 Å². The van der Waals surface area contributed by atoms with Crippen LogP contribution in [0.4, 0.5) is 5.69 Å². The molecule has 1 aliphatic carbocycles. The Kier molecular flexibility index (Phi) is 4.42. The van der Waals surface area contributed by atoms with Gasteiger partial charge in [0, 0.05) is 11.3 Å². The predicted octanol–water partition coefficient (Wildman–Crippen LogP) is 3.72. The highest BCUT2D eigenvalue weighted by molar-refractivity contribution is 8.00. The summed E-state index contributed by atoms with van der Waals surface area (Å²) in [5, 5.41) is 20.5. The van der Waals surface area contributed by atoms with E-state index in [1.54, 1.807) is 0 Å². The zero-order valence-corrected chi connectivity index (χ0v) is 11.2. The Morgan fingerprint density at radius 1 is 1.32 bits per heavy atom. The number of carbonyl (C=O) groups is 1. The van der Waals surface area contributed by atoms with E-state index in [-0.39, 0.29) is 16.5 Å². The molecule has 1 saturated carbocycles. The first-order valence-electron chi connectivity index (χ1n) is 6.27. The van der Waals surface area contributed by atoms with Crippen molar-refractivity contribution >= 4 is 23.4 Å². The number of hydrogen-bond donors (Lipinski definition) is 1. The molecule has 0 atom stereocenters. The summed E-state index contributed by atoms with van der Waals surface area (Å²) >= 11 is 1.35. The average molecular weight is 281 g/mol. The van der Waals surface area contributed by atoms with Crippen molar-refractivity contribution < 1.29 is 14.8 Å². The van der Waals surface area contributed by atoms with E-state index in [1.165, 1.54) is 36.4 Å². The number of rotatable bonds is 4. The molecule has 0 radical (unpaired) electrons. The Hall–Kier alpha value is -1.56. The monoisotopic (exact) mass is 281 g/mol. The third-order valence-corrected chi connectivity index (χ3v) is 4.73. The summed E-state index contributed by atoms with van der Waals surface area (Å²) in [5.74, 6) is -1.11. The van der Waals surface area contributed by atoms with Gasteiger partial charge in [-0.2, -0.15) is 0 Å². The highest BCUT2D eigenvalue weighted by Gasteiger charge is 2.25. The van der Waals surface area contributed by atoms with Gasteiger partial charge < -0.3 is 5.11 Å². The molecule has 2 rings (SSSR count). The van der Waals surface area contributed by atoms with Crippen LogP contribution < -0.4 is 0 Å². The molecule has 0 unspecified atom stereocenters. The van der Waals surface area contributed by atoms with Crippen LogP contribution >= 0.6 is 11.8 Å². The van der Waals surface area contributed by atoms with E-state index < -0.39 is 10.9 Å². The van der Waals surface area contributed by atoms with Crippen molar-refractivity contribution in [3.05, 3.63) is 33.9 Å². The Bertz CT molecular complexity index is 465. The van der Waals surface area contributed by atoms with E-state index in [0.717, 1.165) is 25.7 Å². The van der Waals surface area contributed by atoms with Crippen LogP contribution in [0, 0.1) is 10.1 Å². The van der Waals surface area contributed by atoms with Crippen molar-refractivity contribution in [3.8, 4) is 0 Å². The molecule has 0 aromatic heterocycles. The fraction of sp³-hybridized carbons (Fsp3) is 0.462. The number of nitro benzene ring substituents is 1. The number of carboxylic acids is 1. The van der Waals surface area contributed by atoms with Crippen molar-refractivity contribution in [2.75, 3.05) is 0 Å². The van der Waals surface area contributed by atoms with Gasteiger partial charge in [-0.25, -0.2) is 4.79 Å². The van der Waals surface area contributed by atoms with Gasteiger partial charge in [0.05, 0.1) is 15.4 Å². The smallest absolute Gasteiger partial charge is 0.337 e. The first-order valence-corrected chi connectivity index (χ1v) is 7.15. The zero-order valence-electron chi connectivity index (χ0n) is 10.4. The summed E-state index contributed by atoms with van der Waals surface area (Å²) in [7, 11) is 0. The average Bonchev–Trinajstić information content (AvgIpc) is 2.39. The molecule has 0 bridgehead atoms. The number of hydrogen-bond acceptors (Lipinski definition) is 4. The number of aromatic carboxylic acids is 1. The normalized spacial score (nSPS) is 16.2. The fourth-order valence-electron chi connectivity index (χ4n) is 2.31.